The van der Waals surface area contributed by atoms with Gasteiger partial charge in [0.1, 0.15) is 6.04 Å². The van der Waals surface area contributed by atoms with E-state index in [1.165, 1.54) is 0 Å². The lowest BCUT2D eigenvalue weighted by molar-refractivity contribution is -0.263. The number of hydrogen-bond acceptors (Lipinski definition) is 5. The van der Waals surface area contributed by atoms with Crippen LogP contribution in [0, 0.1) is 29.1 Å². The smallest absolute Gasteiger partial charge is 0.485 e. The van der Waals surface area contributed by atoms with Gasteiger partial charge in [-0.3, -0.25) is 4.79 Å². The Bertz CT molecular complexity index is 928. The number of halogens is 8. The summed E-state index contributed by atoms with van der Waals surface area (Å²) in [6.07, 6.45) is 0.385. The third kappa shape index (κ3) is 8.74. The van der Waals surface area contributed by atoms with Crippen LogP contribution in [0.1, 0.15) is 5.56 Å². The van der Waals surface area contributed by atoms with Crippen LogP contribution in [-0.2, 0) is 21.3 Å². The van der Waals surface area contributed by atoms with Crippen LogP contribution < -0.4 is 11.5 Å². The molecule has 0 heterocycles. The van der Waals surface area contributed by atoms with Gasteiger partial charge in [-0.1, -0.05) is 30.3 Å². The van der Waals surface area contributed by atoms with Gasteiger partial charge < -0.3 is 21.1 Å². The highest BCUT2D eigenvalue weighted by Crippen LogP contribution is 2.23. The fourth-order valence-electron chi connectivity index (χ4n) is 1.61. The van der Waals surface area contributed by atoms with Crippen LogP contribution in [0.4, 0.5) is 40.8 Å². The molecule has 0 aliphatic rings. The SMILES string of the molecule is N[C@@H](Cc1ccccc1)C(=O)O.O=S(=O)([O-])C(F)(F)F.[NH3+]c1c(F)c(F)c(F)c(F)c1F. The lowest BCUT2D eigenvalue weighted by Gasteiger charge is -2.08. The van der Waals surface area contributed by atoms with Crippen LogP contribution in [0.3, 0.4) is 0 Å². The molecule has 0 aromatic heterocycles. The quantitative estimate of drug-likeness (QED) is 0.194. The highest BCUT2D eigenvalue weighted by molar-refractivity contribution is 7.86. The van der Waals surface area contributed by atoms with Crippen LogP contribution >= 0.6 is 0 Å². The largest absolute Gasteiger partial charge is 0.741 e. The van der Waals surface area contributed by atoms with E-state index < -0.39 is 62.4 Å². The van der Waals surface area contributed by atoms with E-state index >= 15 is 0 Å². The second-order valence-corrected chi connectivity index (χ2v) is 6.95. The average Bonchev–Trinajstić information content (AvgIpc) is 2.69. The summed E-state index contributed by atoms with van der Waals surface area (Å²) in [6, 6.07) is 8.54. The number of carboxylic acids is 1. The highest BCUT2D eigenvalue weighted by atomic mass is 32.2. The molecule has 2 aromatic rings. The number of nitrogens with two attached hydrogens (primary N) is 1. The van der Waals surface area contributed by atoms with E-state index in [4.69, 9.17) is 23.8 Å². The molecule has 1 atom stereocenters. The van der Waals surface area contributed by atoms with Crippen LogP contribution in [-0.4, -0.2) is 35.6 Å². The molecular formula is C16H14F8N2O5S. The summed E-state index contributed by atoms with van der Waals surface area (Å²) in [7, 11) is -6.09. The number of carboxylic acid groups (broad SMARTS) is 1. The first kappa shape index (κ1) is 29.2. The molecule has 0 spiro atoms. The van der Waals surface area contributed by atoms with Gasteiger partial charge in [0.05, 0.1) is 0 Å². The first-order valence-electron chi connectivity index (χ1n) is 7.79. The van der Waals surface area contributed by atoms with Gasteiger partial charge in [0, 0.05) is 0 Å². The Morgan fingerprint density at radius 3 is 1.62 bits per heavy atom. The maximum absolute atomic E-state index is 12.3. The Labute approximate surface area is 175 Å². The second kappa shape index (κ2) is 11.7. The van der Waals surface area contributed by atoms with Crippen molar-refractivity contribution in [2.45, 2.75) is 18.0 Å². The Hall–Kier alpha value is -2.82. The number of benzene rings is 2. The third-order valence-electron chi connectivity index (χ3n) is 3.20. The first-order valence-corrected chi connectivity index (χ1v) is 9.20. The molecule has 0 aliphatic carbocycles. The Morgan fingerprint density at radius 2 is 1.31 bits per heavy atom. The number of quaternary nitrogens is 1. The fourth-order valence-corrected chi connectivity index (χ4v) is 1.61. The standard InChI is InChI=1S/C9H11NO2.C6H2F5N.CHF3O3S/c10-8(9(11)12)6-7-4-2-1-3-5-7;7-1-2(8)4(10)6(12)5(11)3(1)9;2-1(3,4)8(5,6)7/h1-5,8H,6,10H2,(H,11,12);12H2;(H,5,6,7)/t8-;;/m0../s1. The molecule has 16 heteroatoms. The molecule has 0 saturated heterocycles. The van der Waals surface area contributed by atoms with Crippen LogP contribution in [0.2, 0.25) is 0 Å². The maximum atomic E-state index is 12.3. The molecule has 0 unspecified atom stereocenters. The van der Waals surface area contributed by atoms with Crippen molar-refractivity contribution in [2.24, 2.45) is 5.73 Å². The summed E-state index contributed by atoms with van der Waals surface area (Å²) in [5.74, 6) is -10.9. The normalized spacial score (nSPS) is 12.1. The zero-order valence-electron chi connectivity index (χ0n) is 15.5. The number of aliphatic carboxylic acids is 1. The number of alkyl halides is 3. The Morgan fingerprint density at radius 1 is 0.969 bits per heavy atom. The molecule has 0 radical (unpaired) electrons. The summed E-state index contributed by atoms with van der Waals surface area (Å²) < 4.78 is 120. The van der Waals surface area contributed by atoms with Crippen LogP contribution in [0.15, 0.2) is 30.3 Å². The van der Waals surface area contributed by atoms with Crippen molar-refractivity contribution in [2.75, 3.05) is 0 Å². The van der Waals surface area contributed by atoms with Gasteiger partial charge in [-0.05, 0) is 12.0 Å². The van der Waals surface area contributed by atoms with Crippen LogP contribution in [0.25, 0.3) is 0 Å². The minimum atomic E-state index is -6.09. The van der Waals surface area contributed by atoms with Crippen molar-refractivity contribution in [3.8, 4) is 0 Å². The van der Waals surface area contributed by atoms with Gasteiger partial charge in [-0.25, -0.2) is 21.6 Å². The maximum Gasteiger partial charge on any atom is 0.485 e. The van der Waals surface area contributed by atoms with E-state index in [0.717, 1.165) is 5.56 Å². The van der Waals surface area contributed by atoms with Crippen molar-refractivity contribution in [1.82, 2.24) is 0 Å². The lowest BCUT2D eigenvalue weighted by Crippen LogP contribution is -2.43. The minimum Gasteiger partial charge on any atom is -0.741 e. The lowest BCUT2D eigenvalue weighted by atomic mass is 10.1. The molecule has 0 aliphatic heterocycles. The zero-order chi connectivity index (χ0) is 25.4. The molecule has 32 heavy (non-hydrogen) atoms. The van der Waals surface area contributed by atoms with E-state index in [1.54, 1.807) is 0 Å². The minimum absolute atomic E-state index is 0.385. The number of carbonyl (C=O) groups is 1. The van der Waals surface area contributed by atoms with Gasteiger partial charge in [0.15, 0.2) is 10.1 Å². The summed E-state index contributed by atoms with van der Waals surface area (Å²) >= 11 is 0. The molecular weight excluding hydrogens is 484 g/mol. The first-order chi connectivity index (χ1) is 14.4. The molecule has 7 nitrogen and oxygen atoms in total. The second-order valence-electron chi connectivity index (χ2n) is 5.58. The zero-order valence-corrected chi connectivity index (χ0v) is 16.3. The molecule has 180 valence electrons. The van der Waals surface area contributed by atoms with E-state index in [2.05, 4.69) is 5.73 Å². The monoisotopic (exact) mass is 498 g/mol. The van der Waals surface area contributed by atoms with Crippen molar-refractivity contribution in [1.29, 1.82) is 0 Å². The molecule has 0 fully saturated rings. The highest BCUT2D eigenvalue weighted by Gasteiger charge is 2.36. The van der Waals surface area contributed by atoms with Crippen molar-refractivity contribution in [3.05, 3.63) is 65.0 Å². The molecule has 0 saturated carbocycles. The number of rotatable bonds is 3. The average molecular weight is 498 g/mol. The summed E-state index contributed by atoms with van der Waals surface area (Å²) in [6.45, 7) is 0. The Kier molecular flexibility index (Phi) is 10.7. The summed E-state index contributed by atoms with van der Waals surface area (Å²) in [4.78, 5) is 10.4. The van der Waals surface area contributed by atoms with E-state index in [-0.39, 0.29) is 0 Å². The Balaban J connectivity index is 0.000000462. The van der Waals surface area contributed by atoms with Gasteiger partial charge in [-0.15, -0.1) is 0 Å². The molecule has 6 N–H and O–H groups in total. The van der Waals surface area contributed by atoms with E-state index in [9.17, 15) is 39.9 Å². The predicted molar refractivity (Wildman–Crippen MR) is 90.3 cm³/mol. The predicted octanol–water partition coefficient (Wildman–Crippen LogP) is 1.95. The van der Waals surface area contributed by atoms with E-state index in [0.29, 0.717) is 6.42 Å². The molecule has 0 amide bonds. The van der Waals surface area contributed by atoms with Gasteiger partial charge in [-0.2, -0.15) is 22.0 Å². The van der Waals surface area contributed by atoms with Crippen LogP contribution in [0.5, 0.6) is 0 Å². The molecule has 2 aromatic carbocycles. The number of hydrogen-bond donors (Lipinski definition) is 3. The van der Waals surface area contributed by atoms with Crippen molar-refractivity contribution >= 4 is 21.8 Å². The summed E-state index contributed by atoms with van der Waals surface area (Å²) in [5.41, 5.74) is 2.22. The van der Waals surface area contributed by atoms with Gasteiger partial charge >= 0.3 is 11.5 Å². The van der Waals surface area contributed by atoms with Crippen molar-refractivity contribution < 1.29 is 63.7 Å². The van der Waals surface area contributed by atoms with Gasteiger partial charge in [0.25, 0.3) is 0 Å². The van der Waals surface area contributed by atoms with Crippen molar-refractivity contribution in [3.63, 3.8) is 0 Å². The van der Waals surface area contributed by atoms with E-state index in [1.807, 2.05) is 30.3 Å². The molecule has 0 bridgehead atoms. The third-order valence-corrected chi connectivity index (χ3v) is 3.77. The fraction of sp³-hybridized carbons (Fsp3) is 0.188. The van der Waals surface area contributed by atoms with Gasteiger partial charge in [0.2, 0.25) is 34.8 Å². The topological polar surface area (TPSA) is 148 Å². The molecule has 2 rings (SSSR count). The summed E-state index contributed by atoms with van der Waals surface area (Å²) in [5, 5.41) is 8.52.